The van der Waals surface area contributed by atoms with Crippen LogP contribution in [0.3, 0.4) is 0 Å². The molecule has 3 rings (SSSR count). The first-order valence-electron chi connectivity index (χ1n) is 12.7. The van der Waals surface area contributed by atoms with E-state index >= 15 is 4.39 Å². The van der Waals surface area contributed by atoms with Gasteiger partial charge < -0.3 is 14.4 Å². The van der Waals surface area contributed by atoms with Crippen molar-refractivity contribution in [2.75, 3.05) is 12.0 Å². The molecule has 0 bridgehead atoms. The molecule has 1 aliphatic rings. The van der Waals surface area contributed by atoms with E-state index in [1.165, 1.54) is 24.3 Å². The van der Waals surface area contributed by atoms with E-state index in [2.05, 4.69) is 11.9 Å². The van der Waals surface area contributed by atoms with Crippen LogP contribution in [0.2, 0.25) is 0 Å². The molecule has 202 valence electrons. The molecule has 0 N–H and O–H groups in total. The Morgan fingerprint density at radius 1 is 1.16 bits per heavy atom. The van der Waals surface area contributed by atoms with E-state index in [-0.39, 0.29) is 29.1 Å². The molecule has 1 fully saturated rings. The van der Waals surface area contributed by atoms with E-state index < -0.39 is 34.9 Å². The number of esters is 1. The molecule has 1 aliphatic carbocycles. The number of amides is 1. The van der Waals surface area contributed by atoms with Crippen molar-refractivity contribution >= 4 is 17.6 Å². The number of benzene rings is 1. The fourth-order valence-electron chi connectivity index (χ4n) is 4.64. The summed E-state index contributed by atoms with van der Waals surface area (Å²) in [7, 11) is 1.17. The van der Waals surface area contributed by atoms with Crippen LogP contribution < -0.4 is 9.64 Å². The van der Waals surface area contributed by atoms with Gasteiger partial charge in [-0.05, 0) is 63.5 Å². The lowest BCUT2D eigenvalue weighted by Gasteiger charge is -2.34. The molecule has 0 saturated heterocycles. The van der Waals surface area contributed by atoms with Crippen LogP contribution in [-0.2, 0) is 21.9 Å². The number of methoxy groups -OCH3 is 1. The van der Waals surface area contributed by atoms with Gasteiger partial charge in [0.25, 0.3) is 5.92 Å². The maximum atomic E-state index is 15.4. The number of pyridine rings is 1. The second-order valence-electron chi connectivity index (χ2n) is 10.1. The highest BCUT2D eigenvalue weighted by Gasteiger charge is 2.34. The second-order valence-corrected chi connectivity index (χ2v) is 10.1. The number of halogens is 3. The molecule has 1 saturated carbocycles. The van der Waals surface area contributed by atoms with E-state index in [1.807, 2.05) is 0 Å². The van der Waals surface area contributed by atoms with Gasteiger partial charge in [-0.1, -0.05) is 13.8 Å². The van der Waals surface area contributed by atoms with Crippen LogP contribution >= 0.6 is 0 Å². The lowest BCUT2D eigenvalue weighted by molar-refractivity contribution is -0.123. The summed E-state index contributed by atoms with van der Waals surface area (Å²) in [6, 6.07) is 2.99. The Kier molecular flexibility index (Phi) is 8.87. The summed E-state index contributed by atoms with van der Waals surface area (Å²) in [5, 5.41) is 0. The third kappa shape index (κ3) is 6.43. The SMILES string of the molecule is CCc1cnc(Oc2cc(C(=O)OC)c(N(C(=O)C3CCC(C)CC3)C(C)C)cc2F)c(C(C)(F)F)c1. The summed E-state index contributed by atoms with van der Waals surface area (Å²) < 4.78 is 54.5. The molecule has 0 atom stereocenters. The maximum absolute atomic E-state index is 15.4. The zero-order chi connectivity index (χ0) is 27.5. The quantitative estimate of drug-likeness (QED) is 0.349. The minimum Gasteiger partial charge on any atom is -0.465 e. The summed E-state index contributed by atoms with van der Waals surface area (Å²) in [5.41, 5.74) is 0.00404. The number of ether oxygens (including phenoxy) is 2. The summed E-state index contributed by atoms with van der Waals surface area (Å²) in [6.45, 7) is 8.21. The Labute approximate surface area is 216 Å². The van der Waals surface area contributed by atoms with E-state index in [1.54, 1.807) is 20.8 Å². The molecule has 0 radical (unpaired) electrons. The van der Waals surface area contributed by atoms with Gasteiger partial charge in [-0.2, -0.15) is 0 Å². The number of anilines is 1. The second kappa shape index (κ2) is 11.5. The third-order valence-electron chi connectivity index (χ3n) is 6.83. The number of rotatable bonds is 8. The monoisotopic (exact) mass is 520 g/mol. The van der Waals surface area contributed by atoms with Crippen molar-refractivity contribution in [1.82, 2.24) is 4.98 Å². The molecule has 1 aromatic heterocycles. The minimum absolute atomic E-state index is 0.0469. The summed E-state index contributed by atoms with van der Waals surface area (Å²) in [4.78, 5) is 31.7. The highest BCUT2D eigenvalue weighted by Crippen LogP contribution is 2.39. The van der Waals surface area contributed by atoms with Crippen molar-refractivity contribution in [2.24, 2.45) is 11.8 Å². The predicted octanol–water partition coefficient (Wildman–Crippen LogP) is 7.04. The number of carbonyl (C=O) groups excluding carboxylic acids is 2. The van der Waals surface area contributed by atoms with E-state index in [0.29, 0.717) is 37.7 Å². The fourth-order valence-corrected chi connectivity index (χ4v) is 4.64. The van der Waals surface area contributed by atoms with Crippen LogP contribution in [0.25, 0.3) is 0 Å². The molecule has 1 aromatic carbocycles. The van der Waals surface area contributed by atoms with Gasteiger partial charge in [0.05, 0.1) is 23.9 Å². The Morgan fingerprint density at radius 2 is 1.81 bits per heavy atom. The summed E-state index contributed by atoms with van der Waals surface area (Å²) >= 11 is 0. The van der Waals surface area contributed by atoms with Crippen LogP contribution in [-0.4, -0.2) is 30.0 Å². The highest BCUT2D eigenvalue weighted by atomic mass is 19.3. The first kappa shape index (κ1) is 28.5. The Bertz CT molecular complexity index is 1140. The first-order valence-corrected chi connectivity index (χ1v) is 12.7. The van der Waals surface area contributed by atoms with Crippen molar-refractivity contribution in [3.8, 4) is 11.6 Å². The largest absolute Gasteiger partial charge is 0.465 e. The number of alkyl halides is 2. The molecule has 1 amide bonds. The van der Waals surface area contributed by atoms with Crippen LogP contribution in [0.4, 0.5) is 18.9 Å². The molecule has 9 heteroatoms. The van der Waals surface area contributed by atoms with Gasteiger partial charge in [0.1, 0.15) is 0 Å². The van der Waals surface area contributed by atoms with Crippen LogP contribution in [0.5, 0.6) is 11.6 Å². The van der Waals surface area contributed by atoms with Crippen molar-refractivity contribution < 1.29 is 32.2 Å². The topological polar surface area (TPSA) is 68.7 Å². The van der Waals surface area contributed by atoms with Gasteiger partial charge in [-0.15, -0.1) is 0 Å². The number of nitrogens with zero attached hydrogens (tertiary/aromatic N) is 2. The molecule has 1 heterocycles. The van der Waals surface area contributed by atoms with Crippen LogP contribution in [0, 0.1) is 17.7 Å². The minimum atomic E-state index is -3.30. The number of hydrogen-bond donors (Lipinski definition) is 0. The average molecular weight is 521 g/mol. The molecule has 0 unspecified atom stereocenters. The average Bonchev–Trinajstić information content (AvgIpc) is 2.84. The molecular formula is C28H35F3N2O4. The fraction of sp³-hybridized carbons (Fsp3) is 0.536. The Hall–Kier alpha value is -3.10. The standard InChI is InChI=1S/C28H35F3N2O4/c1-7-18-12-21(28(5,30)31)25(32-15-18)37-24-13-20(27(35)36-6)23(14-22(24)29)33(16(2)3)26(34)19-10-8-17(4)9-11-19/h12-17,19H,7-11H2,1-6H3. The molecular weight excluding hydrogens is 485 g/mol. The van der Waals surface area contributed by atoms with E-state index in [0.717, 1.165) is 25.0 Å². The van der Waals surface area contributed by atoms with Crippen molar-refractivity contribution in [1.29, 1.82) is 0 Å². The van der Waals surface area contributed by atoms with Gasteiger partial charge in [0.2, 0.25) is 11.8 Å². The van der Waals surface area contributed by atoms with Crippen molar-refractivity contribution in [3.05, 3.63) is 46.9 Å². The van der Waals surface area contributed by atoms with E-state index in [4.69, 9.17) is 9.47 Å². The number of aromatic nitrogens is 1. The molecule has 37 heavy (non-hydrogen) atoms. The normalized spacial score (nSPS) is 18.0. The lowest BCUT2D eigenvalue weighted by atomic mass is 9.82. The predicted molar refractivity (Wildman–Crippen MR) is 135 cm³/mol. The van der Waals surface area contributed by atoms with Gasteiger partial charge in [0.15, 0.2) is 11.6 Å². The maximum Gasteiger partial charge on any atom is 0.340 e. The van der Waals surface area contributed by atoms with Gasteiger partial charge >= 0.3 is 5.97 Å². The molecule has 2 aromatic rings. The first-order chi connectivity index (χ1) is 17.4. The van der Waals surface area contributed by atoms with Gasteiger partial charge in [0, 0.05) is 37.2 Å². The summed E-state index contributed by atoms with van der Waals surface area (Å²) in [5.74, 6) is -5.88. The van der Waals surface area contributed by atoms with E-state index in [9.17, 15) is 18.4 Å². The zero-order valence-corrected chi connectivity index (χ0v) is 22.2. The Balaban J connectivity index is 2.07. The number of carbonyl (C=O) groups is 2. The Morgan fingerprint density at radius 3 is 2.35 bits per heavy atom. The van der Waals surface area contributed by atoms with Crippen molar-refractivity contribution in [3.63, 3.8) is 0 Å². The summed E-state index contributed by atoms with van der Waals surface area (Å²) in [6.07, 6.45) is 5.12. The van der Waals surface area contributed by atoms with Crippen LogP contribution in [0.15, 0.2) is 24.4 Å². The van der Waals surface area contributed by atoms with Gasteiger partial charge in [-0.3, -0.25) is 4.79 Å². The molecule has 0 spiro atoms. The lowest BCUT2D eigenvalue weighted by Crippen LogP contribution is -2.43. The number of aryl methyl sites for hydroxylation is 1. The molecule has 6 nitrogen and oxygen atoms in total. The molecule has 0 aliphatic heterocycles. The smallest absolute Gasteiger partial charge is 0.340 e. The van der Waals surface area contributed by atoms with Crippen molar-refractivity contribution in [2.45, 2.75) is 78.7 Å². The zero-order valence-electron chi connectivity index (χ0n) is 22.2. The third-order valence-corrected chi connectivity index (χ3v) is 6.83. The highest BCUT2D eigenvalue weighted by molar-refractivity contribution is 6.04. The number of hydrogen-bond acceptors (Lipinski definition) is 5. The van der Waals surface area contributed by atoms with Gasteiger partial charge in [-0.25, -0.2) is 22.9 Å². The van der Waals surface area contributed by atoms with Crippen LogP contribution in [0.1, 0.15) is 81.8 Å².